The third-order valence-electron chi connectivity index (χ3n) is 3.48. The number of furan rings is 1. The normalized spacial score (nSPS) is 16.9. The molecule has 0 spiro atoms. The molecule has 1 aliphatic rings. The molecule has 4 heteroatoms. The van der Waals surface area contributed by atoms with E-state index in [9.17, 15) is 4.79 Å². The van der Waals surface area contributed by atoms with Gasteiger partial charge in [-0.05, 0) is 31.4 Å². The van der Waals surface area contributed by atoms with E-state index in [0.717, 1.165) is 30.6 Å². The summed E-state index contributed by atoms with van der Waals surface area (Å²) in [5, 5.41) is 12.0. The average molecular weight is 237 g/mol. The minimum absolute atomic E-state index is 0.0646. The number of aliphatic hydroxyl groups excluding tert-OH is 1. The number of amides is 1. The topological polar surface area (TPSA) is 62.5 Å². The van der Waals surface area contributed by atoms with E-state index in [-0.39, 0.29) is 17.9 Å². The molecular weight excluding hydrogens is 218 g/mol. The molecule has 1 amide bonds. The van der Waals surface area contributed by atoms with Gasteiger partial charge in [-0.3, -0.25) is 4.79 Å². The van der Waals surface area contributed by atoms with Crippen molar-refractivity contribution in [2.75, 3.05) is 13.2 Å². The first kappa shape index (κ1) is 12.2. The van der Waals surface area contributed by atoms with E-state index in [2.05, 4.69) is 5.32 Å². The molecule has 0 aliphatic heterocycles. The summed E-state index contributed by atoms with van der Waals surface area (Å²) >= 11 is 0. The summed E-state index contributed by atoms with van der Waals surface area (Å²) in [5.74, 6) is 1.04. The predicted molar refractivity (Wildman–Crippen MR) is 63.9 cm³/mol. The van der Waals surface area contributed by atoms with Gasteiger partial charge in [-0.2, -0.15) is 0 Å². The van der Waals surface area contributed by atoms with Crippen molar-refractivity contribution in [3.63, 3.8) is 0 Å². The number of aryl methyl sites for hydroxylation is 2. The lowest BCUT2D eigenvalue weighted by Crippen LogP contribution is -2.31. The van der Waals surface area contributed by atoms with Crippen LogP contribution in [0, 0.1) is 12.3 Å². The molecule has 1 fully saturated rings. The SMILES string of the molecule is CCc1oc(C(=O)NCC2(CO)CC2)cc1C. The maximum atomic E-state index is 11.8. The molecule has 0 radical (unpaired) electrons. The molecule has 1 saturated carbocycles. The van der Waals surface area contributed by atoms with Gasteiger partial charge in [-0.1, -0.05) is 6.92 Å². The summed E-state index contributed by atoms with van der Waals surface area (Å²) in [5.41, 5.74) is 0.950. The van der Waals surface area contributed by atoms with Gasteiger partial charge in [0.2, 0.25) is 0 Å². The zero-order chi connectivity index (χ0) is 12.5. The Morgan fingerprint density at radius 3 is 2.76 bits per heavy atom. The van der Waals surface area contributed by atoms with Gasteiger partial charge in [-0.15, -0.1) is 0 Å². The standard InChI is InChI=1S/C13H19NO3/c1-3-10-9(2)6-11(17-10)12(16)14-7-13(8-15)4-5-13/h6,15H,3-5,7-8H2,1-2H3,(H,14,16). The fourth-order valence-corrected chi connectivity index (χ4v) is 1.91. The Morgan fingerprint density at radius 1 is 1.59 bits per heavy atom. The lowest BCUT2D eigenvalue weighted by molar-refractivity contribution is 0.0906. The van der Waals surface area contributed by atoms with Crippen LogP contribution in [0.3, 0.4) is 0 Å². The number of carbonyl (C=O) groups excluding carboxylic acids is 1. The fourth-order valence-electron chi connectivity index (χ4n) is 1.91. The van der Waals surface area contributed by atoms with Gasteiger partial charge >= 0.3 is 0 Å². The maximum Gasteiger partial charge on any atom is 0.287 e. The van der Waals surface area contributed by atoms with Gasteiger partial charge < -0.3 is 14.8 Å². The van der Waals surface area contributed by atoms with Crippen molar-refractivity contribution in [2.45, 2.75) is 33.1 Å². The average Bonchev–Trinajstić information content (AvgIpc) is 3.03. The Labute approximate surface area is 101 Å². The van der Waals surface area contributed by atoms with E-state index < -0.39 is 0 Å². The lowest BCUT2D eigenvalue weighted by atomic mass is 10.1. The molecule has 2 N–H and O–H groups in total. The third kappa shape index (κ3) is 2.52. The van der Waals surface area contributed by atoms with Gasteiger partial charge in [0, 0.05) is 18.4 Å². The molecule has 4 nitrogen and oxygen atoms in total. The molecule has 1 aromatic heterocycles. The predicted octanol–water partition coefficient (Wildman–Crippen LogP) is 1.65. The number of rotatable bonds is 5. The Morgan fingerprint density at radius 2 is 2.29 bits per heavy atom. The molecule has 1 heterocycles. The van der Waals surface area contributed by atoms with Crippen molar-refractivity contribution in [1.82, 2.24) is 5.32 Å². The van der Waals surface area contributed by atoms with Gasteiger partial charge in [-0.25, -0.2) is 0 Å². The zero-order valence-corrected chi connectivity index (χ0v) is 10.4. The highest BCUT2D eigenvalue weighted by Gasteiger charge is 2.42. The van der Waals surface area contributed by atoms with E-state index in [1.165, 1.54) is 0 Å². The molecule has 1 aliphatic carbocycles. The second-order valence-corrected chi connectivity index (χ2v) is 4.91. The number of carbonyl (C=O) groups is 1. The molecule has 94 valence electrons. The first-order valence-corrected chi connectivity index (χ1v) is 6.08. The number of hydrogen-bond acceptors (Lipinski definition) is 3. The highest BCUT2D eigenvalue weighted by Crippen LogP contribution is 2.44. The summed E-state index contributed by atoms with van der Waals surface area (Å²) in [6.45, 7) is 4.61. The molecule has 0 bridgehead atoms. The van der Waals surface area contributed by atoms with Crippen molar-refractivity contribution in [2.24, 2.45) is 5.41 Å². The first-order chi connectivity index (χ1) is 8.10. The third-order valence-corrected chi connectivity index (χ3v) is 3.48. The van der Waals surface area contributed by atoms with E-state index in [4.69, 9.17) is 9.52 Å². The van der Waals surface area contributed by atoms with Crippen LogP contribution in [0.5, 0.6) is 0 Å². The smallest absolute Gasteiger partial charge is 0.287 e. The molecule has 0 aromatic carbocycles. The highest BCUT2D eigenvalue weighted by molar-refractivity contribution is 5.91. The van der Waals surface area contributed by atoms with Crippen LogP contribution < -0.4 is 5.32 Å². The van der Waals surface area contributed by atoms with Crippen LogP contribution in [0.15, 0.2) is 10.5 Å². The number of aliphatic hydroxyl groups is 1. The highest BCUT2D eigenvalue weighted by atomic mass is 16.4. The molecule has 17 heavy (non-hydrogen) atoms. The molecule has 0 atom stereocenters. The van der Waals surface area contributed by atoms with Crippen LogP contribution in [0.2, 0.25) is 0 Å². The summed E-state index contributed by atoms with van der Waals surface area (Å²) < 4.78 is 5.47. The number of nitrogens with one attached hydrogen (secondary N) is 1. The summed E-state index contributed by atoms with van der Waals surface area (Å²) in [6, 6.07) is 1.77. The van der Waals surface area contributed by atoms with Gasteiger partial charge in [0.1, 0.15) is 5.76 Å². The Balaban J connectivity index is 1.95. The summed E-state index contributed by atoms with van der Waals surface area (Å²) in [6.07, 6.45) is 2.77. The molecule has 2 rings (SSSR count). The van der Waals surface area contributed by atoms with Gasteiger partial charge in [0.25, 0.3) is 5.91 Å². The van der Waals surface area contributed by atoms with Crippen LogP contribution in [0.25, 0.3) is 0 Å². The Kier molecular flexibility index (Phi) is 3.24. The second kappa shape index (κ2) is 4.53. The Bertz CT molecular complexity index is 418. The van der Waals surface area contributed by atoms with Crippen molar-refractivity contribution in [3.8, 4) is 0 Å². The maximum absolute atomic E-state index is 11.8. The zero-order valence-electron chi connectivity index (χ0n) is 10.4. The largest absolute Gasteiger partial charge is 0.456 e. The van der Waals surface area contributed by atoms with Crippen LogP contribution >= 0.6 is 0 Å². The van der Waals surface area contributed by atoms with Gasteiger partial charge in [0.15, 0.2) is 5.76 Å². The van der Waals surface area contributed by atoms with E-state index in [0.29, 0.717) is 12.3 Å². The first-order valence-electron chi connectivity index (χ1n) is 6.08. The Hall–Kier alpha value is -1.29. The van der Waals surface area contributed by atoms with E-state index >= 15 is 0 Å². The molecule has 0 unspecified atom stereocenters. The minimum Gasteiger partial charge on any atom is -0.456 e. The van der Waals surface area contributed by atoms with Crippen LogP contribution in [-0.4, -0.2) is 24.2 Å². The van der Waals surface area contributed by atoms with E-state index in [1.807, 2.05) is 13.8 Å². The minimum atomic E-state index is -0.187. The summed E-state index contributed by atoms with van der Waals surface area (Å²) in [4.78, 5) is 11.8. The van der Waals surface area contributed by atoms with Crippen LogP contribution in [0.4, 0.5) is 0 Å². The van der Waals surface area contributed by atoms with Crippen molar-refractivity contribution >= 4 is 5.91 Å². The van der Waals surface area contributed by atoms with Gasteiger partial charge in [0.05, 0.1) is 6.61 Å². The second-order valence-electron chi connectivity index (χ2n) is 4.91. The number of hydrogen-bond donors (Lipinski definition) is 2. The summed E-state index contributed by atoms with van der Waals surface area (Å²) in [7, 11) is 0. The molecular formula is C13H19NO3. The molecule has 0 saturated heterocycles. The molecule has 1 aromatic rings. The lowest BCUT2D eigenvalue weighted by Gasteiger charge is -2.11. The van der Waals surface area contributed by atoms with Crippen molar-refractivity contribution in [3.05, 3.63) is 23.2 Å². The van der Waals surface area contributed by atoms with Crippen LogP contribution in [0.1, 0.15) is 41.6 Å². The van der Waals surface area contributed by atoms with Crippen molar-refractivity contribution in [1.29, 1.82) is 0 Å². The monoisotopic (exact) mass is 237 g/mol. The van der Waals surface area contributed by atoms with Crippen LogP contribution in [-0.2, 0) is 6.42 Å². The quantitative estimate of drug-likeness (QED) is 0.818. The fraction of sp³-hybridized carbons (Fsp3) is 0.615. The van der Waals surface area contributed by atoms with Crippen molar-refractivity contribution < 1.29 is 14.3 Å². The van der Waals surface area contributed by atoms with E-state index in [1.54, 1.807) is 6.07 Å².